The zero-order valence-electron chi connectivity index (χ0n) is 18.4. The predicted octanol–water partition coefficient (Wildman–Crippen LogP) is 4.79. The van der Waals surface area contributed by atoms with E-state index >= 15 is 0 Å². The van der Waals surface area contributed by atoms with Crippen molar-refractivity contribution in [2.24, 2.45) is 0 Å². The Labute approximate surface area is 203 Å². The third-order valence-electron chi connectivity index (χ3n) is 5.65. The maximum atomic E-state index is 13.8. The number of carbonyl (C=O) groups is 2. The van der Waals surface area contributed by atoms with Crippen LogP contribution in [0.4, 0.5) is 18.0 Å². The predicted molar refractivity (Wildman–Crippen MR) is 123 cm³/mol. The molecule has 184 valence electrons. The minimum Gasteiger partial charge on any atom is -0.503 e. The lowest BCUT2D eigenvalue weighted by Crippen LogP contribution is -2.50. The number of phenols is 1. The summed E-state index contributed by atoms with van der Waals surface area (Å²) < 4.78 is 44.8. The molecular weight excluding hydrogens is 487 g/mol. The second kappa shape index (κ2) is 10.4. The molecule has 1 N–H and O–H groups in total. The highest BCUT2D eigenvalue weighted by molar-refractivity contribution is 6.35. The van der Waals surface area contributed by atoms with Crippen LogP contribution in [0.2, 0.25) is 5.02 Å². The number of carbonyl (C=O) groups excluding carboxylic acids is 2. The molecule has 1 aromatic heterocycles. The number of halogens is 4. The normalized spacial score (nSPS) is 13.8. The summed E-state index contributed by atoms with van der Waals surface area (Å²) in [4.78, 5) is 32.5. The van der Waals surface area contributed by atoms with Crippen LogP contribution in [0.15, 0.2) is 36.4 Å². The Morgan fingerprint density at radius 1 is 1.03 bits per heavy atom. The van der Waals surface area contributed by atoms with Crippen molar-refractivity contribution in [1.29, 1.82) is 0 Å². The number of nitrogens with zero attached hydrogens (tertiary/aromatic N) is 3. The van der Waals surface area contributed by atoms with Gasteiger partial charge in [0.15, 0.2) is 17.4 Å². The van der Waals surface area contributed by atoms with E-state index in [2.05, 4.69) is 4.98 Å². The molecule has 0 atom stereocenters. The van der Waals surface area contributed by atoms with Crippen LogP contribution in [0, 0.1) is 11.6 Å². The van der Waals surface area contributed by atoms with Gasteiger partial charge >= 0.3 is 6.09 Å². The fraction of sp³-hybridized carbons (Fsp3) is 0.292. The van der Waals surface area contributed by atoms with Crippen molar-refractivity contribution >= 4 is 34.5 Å². The highest BCUT2D eigenvalue weighted by Crippen LogP contribution is 2.32. The highest BCUT2D eigenvalue weighted by atomic mass is 35.5. The van der Waals surface area contributed by atoms with Gasteiger partial charge in [-0.3, -0.25) is 9.18 Å². The zero-order chi connectivity index (χ0) is 25.1. The van der Waals surface area contributed by atoms with E-state index in [0.717, 1.165) is 12.1 Å². The third-order valence-corrected chi connectivity index (χ3v) is 5.96. The smallest absolute Gasteiger partial charge is 0.409 e. The van der Waals surface area contributed by atoms with Crippen LogP contribution in [0.5, 0.6) is 5.75 Å². The molecule has 35 heavy (non-hydrogen) atoms. The SMILES string of the molecule is O=C(OCCCF)N1CCN(C(=O)c2ccc3c(Cl)cc(-c4cc(F)c(O)c(F)c4)nc3c2)CC1. The first-order valence-corrected chi connectivity index (χ1v) is 11.2. The van der Waals surface area contributed by atoms with Crippen molar-refractivity contribution in [3.05, 3.63) is 58.6 Å². The van der Waals surface area contributed by atoms with Gasteiger partial charge in [0.25, 0.3) is 5.91 Å². The van der Waals surface area contributed by atoms with Gasteiger partial charge in [-0.05, 0) is 30.3 Å². The van der Waals surface area contributed by atoms with Crippen molar-refractivity contribution in [3.63, 3.8) is 0 Å². The van der Waals surface area contributed by atoms with Crippen LogP contribution in [0.3, 0.4) is 0 Å². The van der Waals surface area contributed by atoms with Crippen molar-refractivity contribution < 1.29 is 32.6 Å². The van der Waals surface area contributed by atoms with E-state index in [1.54, 1.807) is 17.0 Å². The topological polar surface area (TPSA) is 83.0 Å². The zero-order valence-corrected chi connectivity index (χ0v) is 19.2. The number of pyridine rings is 1. The minimum absolute atomic E-state index is 0.00649. The summed E-state index contributed by atoms with van der Waals surface area (Å²) in [7, 11) is 0. The monoisotopic (exact) mass is 507 g/mol. The first-order valence-electron chi connectivity index (χ1n) is 10.8. The molecule has 0 aliphatic carbocycles. The lowest BCUT2D eigenvalue weighted by molar-refractivity contribution is 0.0554. The molecule has 0 radical (unpaired) electrons. The minimum atomic E-state index is -1.13. The fourth-order valence-electron chi connectivity index (χ4n) is 3.76. The number of aromatic hydroxyl groups is 1. The molecule has 0 spiro atoms. The summed E-state index contributed by atoms with van der Waals surface area (Å²) >= 11 is 6.35. The van der Waals surface area contributed by atoms with E-state index in [1.807, 2.05) is 0 Å². The molecule has 4 rings (SSSR count). The summed E-state index contributed by atoms with van der Waals surface area (Å²) in [6, 6.07) is 8.12. The summed E-state index contributed by atoms with van der Waals surface area (Å²) in [5.41, 5.74) is 0.931. The van der Waals surface area contributed by atoms with Crippen LogP contribution in [-0.2, 0) is 4.74 Å². The van der Waals surface area contributed by atoms with Crippen LogP contribution in [0.1, 0.15) is 16.8 Å². The largest absolute Gasteiger partial charge is 0.503 e. The lowest BCUT2D eigenvalue weighted by Gasteiger charge is -2.34. The van der Waals surface area contributed by atoms with Crippen molar-refractivity contribution in [2.75, 3.05) is 39.5 Å². The quantitative estimate of drug-likeness (QED) is 0.502. The number of fused-ring (bicyclic) bond motifs is 1. The first-order chi connectivity index (χ1) is 16.8. The number of hydrogen-bond donors (Lipinski definition) is 1. The van der Waals surface area contributed by atoms with E-state index < -0.39 is 30.2 Å². The fourth-order valence-corrected chi connectivity index (χ4v) is 4.02. The van der Waals surface area contributed by atoms with Crippen LogP contribution in [-0.4, -0.2) is 71.4 Å². The summed E-state index contributed by atoms with van der Waals surface area (Å²) in [6.45, 7) is 0.572. The number of piperazine rings is 1. The van der Waals surface area contributed by atoms with Crippen molar-refractivity contribution in [3.8, 4) is 17.0 Å². The van der Waals surface area contributed by atoms with Crippen molar-refractivity contribution in [2.45, 2.75) is 6.42 Å². The number of rotatable bonds is 5. The molecule has 0 bridgehead atoms. The van der Waals surface area contributed by atoms with Crippen molar-refractivity contribution in [1.82, 2.24) is 14.8 Å². The Balaban J connectivity index is 1.52. The number of phenolic OH excluding ortho intramolecular Hbond substituents is 1. The van der Waals surface area contributed by atoms with E-state index in [-0.39, 0.29) is 61.4 Å². The molecule has 1 aliphatic rings. The number of aromatic nitrogens is 1. The Bertz CT molecular complexity index is 1260. The average Bonchev–Trinajstić information content (AvgIpc) is 2.86. The van der Waals surface area contributed by atoms with E-state index in [9.17, 15) is 27.9 Å². The van der Waals surface area contributed by atoms with Gasteiger partial charge in [0.05, 0.1) is 29.5 Å². The molecular formula is C24H21ClF3N3O4. The highest BCUT2D eigenvalue weighted by Gasteiger charge is 2.26. The lowest BCUT2D eigenvalue weighted by atomic mass is 10.1. The molecule has 3 aromatic rings. The standard InChI is InChI=1S/C24H21ClF3N3O4/c25-17-13-20(15-10-18(27)22(32)19(28)11-15)29-21-12-14(2-3-16(17)21)23(33)30-5-7-31(8-6-30)24(34)35-9-1-4-26/h2-3,10-13,32H,1,4-9H2. The molecule has 1 fully saturated rings. The Morgan fingerprint density at radius 2 is 1.69 bits per heavy atom. The van der Waals surface area contributed by atoms with Gasteiger partial charge in [0.2, 0.25) is 0 Å². The maximum Gasteiger partial charge on any atom is 0.409 e. The Hall–Kier alpha value is -3.53. The van der Waals surface area contributed by atoms with E-state index in [1.165, 1.54) is 17.0 Å². The van der Waals surface area contributed by atoms with Gasteiger partial charge in [-0.25, -0.2) is 18.6 Å². The molecule has 1 saturated heterocycles. The Kier molecular flexibility index (Phi) is 7.30. The summed E-state index contributed by atoms with van der Waals surface area (Å²) in [5, 5.41) is 10.2. The number of benzene rings is 2. The molecule has 1 aliphatic heterocycles. The molecule has 2 amide bonds. The Morgan fingerprint density at radius 3 is 2.34 bits per heavy atom. The molecule has 2 aromatic carbocycles. The van der Waals surface area contributed by atoms with Gasteiger partial charge in [-0.1, -0.05) is 17.7 Å². The number of alkyl halides is 1. The molecule has 0 unspecified atom stereocenters. The second-order valence-corrected chi connectivity index (χ2v) is 8.35. The van der Waals surface area contributed by atoms with E-state index in [0.29, 0.717) is 16.5 Å². The van der Waals surface area contributed by atoms with Crippen LogP contribution in [0.25, 0.3) is 22.2 Å². The van der Waals surface area contributed by atoms with E-state index in [4.69, 9.17) is 16.3 Å². The molecule has 7 nitrogen and oxygen atoms in total. The van der Waals surface area contributed by atoms with Crippen LogP contribution < -0.4 is 0 Å². The second-order valence-electron chi connectivity index (χ2n) is 7.95. The summed E-state index contributed by atoms with van der Waals surface area (Å²) in [6.07, 6.45) is -0.396. The number of hydrogen-bond acceptors (Lipinski definition) is 5. The van der Waals surface area contributed by atoms with Gasteiger partial charge < -0.3 is 19.6 Å². The number of ether oxygens (including phenoxy) is 1. The molecule has 2 heterocycles. The van der Waals surface area contributed by atoms with Gasteiger partial charge in [-0.15, -0.1) is 0 Å². The first kappa shape index (κ1) is 24.6. The van der Waals surface area contributed by atoms with Gasteiger partial charge in [0.1, 0.15) is 0 Å². The summed E-state index contributed by atoms with van der Waals surface area (Å²) in [5.74, 6) is -3.62. The number of amides is 2. The van der Waals surface area contributed by atoms with Gasteiger partial charge in [-0.2, -0.15) is 0 Å². The third kappa shape index (κ3) is 5.27. The van der Waals surface area contributed by atoms with Gasteiger partial charge in [0, 0.05) is 49.1 Å². The average molecular weight is 508 g/mol. The maximum absolute atomic E-state index is 13.8. The van der Waals surface area contributed by atoms with Crippen LogP contribution >= 0.6 is 11.6 Å². The molecule has 0 saturated carbocycles. The molecule has 11 heteroatoms.